The minimum absolute atomic E-state index is 0.161. The summed E-state index contributed by atoms with van der Waals surface area (Å²) in [6.45, 7) is 7.59. The van der Waals surface area contributed by atoms with Crippen LogP contribution in [0.5, 0.6) is 11.5 Å². The molecule has 0 bridgehead atoms. The van der Waals surface area contributed by atoms with Gasteiger partial charge in [0.1, 0.15) is 24.7 Å². The second-order valence-electron chi connectivity index (χ2n) is 6.58. The third-order valence-electron chi connectivity index (χ3n) is 4.28. The molecule has 0 aliphatic heterocycles. The lowest BCUT2D eigenvalue weighted by atomic mass is 9.78. The van der Waals surface area contributed by atoms with E-state index >= 15 is 0 Å². The first kappa shape index (κ1) is 21.0. The average Bonchev–Trinajstić information content (AvgIpc) is 2.70. The van der Waals surface area contributed by atoms with Crippen molar-refractivity contribution >= 4 is 11.9 Å². The third-order valence-corrected chi connectivity index (χ3v) is 4.28. The standard InChI is InChI=1S/C22H24O6/c1-4-21(25)27-14-13-26-18-9-5-16(6-10-18)22(2,3)17-7-11-19(12-8-17)28-15-20(23)24/h4-12H,1,13-15H2,2-3H3,(H,23,24). The van der Waals surface area contributed by atoms with Gasteiger partial charge in [-0.3, -0.25) is 0 Å². The molecule has 0 fully saturated rings. The van der Waals surface area contributed by atoms with Crippen LogP contribution in [0.15, 0.2) is 61.2 Å². The number of hydrogen-bond acceptors (Lipinski definition) is 5. The molecule has 148 valence electrons. The Bertz CT molecular complexity index is 806. The summed E-state index contributed by atoms with van der Waals surface area (Å²) >= 11 is 0. The van der Waals surface area contributed by atoms with E-state index in [4.69, 9.17) is 19.3 Å². The molecular formula is C22H24O6. The molecule has 2 aromatic rings. The summed E-state index contributed by atoms with van der Waals surface area (Å²) in [5.74, 6) is -0.278. The highest BCUT2D eigenvalue weighted by molar-refractivity contribution is 5.81. The second-order valence-corrected chi connectivity index (χ2v) is 6.58. The van der Waals surface area contributed by atoms with Crippen LogP contribution in [0, 0.1) is 0 Å². The quantitative estimate of drug-likeness (QED) is 0.383. The van der Waals surface area contributed by atoms with E-state index in [9.17, 15) is 9.59 Å². The number of carboxylic acid groups (broad SMARTS) is 1. The monoisotopic (exact) mass is 384 g/mol. The number of aliphatic carboxylic acids is 1. The Morgan fingerprint density at radius 1 is 0.929 bits per heavy atom. The molecule has 0 aliphatic rings. The van der Waals surface area contributed by atoms with Gasteiger partial charge in [0.05, 0.1) is 0 Å². The number of ether oxygens (including phenoxy) is 3. The van der Waals surface area contributed by atoms with Crippen molar-refractivity contribution in [3.63, 3.8) is 0 Å². The molecule has 28 heavy (non-hydrogen) atoms. The maximum Gasteiger partial charge on any atom is 0.341 e. The molecule has 0 spiro atoms. The van der Waals surface area contributed by atoms with Crippen LogP contribution in [0.1, 0.15) is 25.0 Å². The molecule has 6 heteroatoms. The molecule has 2 rings (SSSR count). The molecule has 0 saturated heterocycles. The lowest BCUT2D eigenvalue weighted by Gasteiger charge is -2.26. The first-order chi connectivity index (χ1) is 13.3. The highest BCUT2D eigenvalue weighted by atomic mass is 16.6. The lowest BCUT2D eigenvalue weighted by molar-refractivity contribution is -0.139. The van der Waals surface area contributed by atoms with Gasteiger partial charge in [0.25, 0.3) is 0 Å². The summed E-state index contributed by atoms with van der Waals surface area (Å²) in [5.41, 5.74) is 1.90. The lowest BCUT2D eigenvalue weighted by Crippen LogP contribution is -2.19. The van der Waals surface area contributed by atoms with Crippen LogP contribution in [0.3, 0.4) is 0 Å². The van der Waals surface area contributed by atoms with E-state index in [-0.39, 0.29) is 25.2 Å². The van der Waals surface area contributed by atoms with E-state index in [1.165, 1.54) is 0 Å². The van der Waals surface area contributed by atoms with Crippen molar-refractivity contribution in [1.29, 1.82) is 0 Å². The van der Waals surface area contributed by atoms with Gasteiger partial charge in [-0.1, -0.05) is 44.7 Å². The Hall–Kier alpha value is -3.28. The third kappa shape index (κ3) is 5.87. The van der Waals surface area contributed by atoms with Crippen molar-refractivity contribution in [2.24, 2.45) is 0 Å². The molecule has 0 atom stereocenters. The molecule has 1 N–H and O–H groups in total. The van der Waals surface area contributed by atoms with E-state index in [0.717, 1.165) is 17.2 Å². The number of benzene rings is 2. The zero-order valence-corrected chi connectivity index (χ0v) is 16.0. The van der Waals surface area contributed by atoms with Crippen LogP contribution in [-0.2, 0) is 19.7 Å². The number of carbonyl (C=O) groups excluding carboxylic acids is 1. The molecule has 0 aliphatic carbocycles. The van der Waals surface area contributed by atoms with Gasteiger partial charge in [-0.05, 0) is 35.4 Å². The van der Waals surface area contributed by atoms with Crippen LogP contribution < -0.4 is 9.47 Å². The Labute approximate surface area is 164 Å². The van der Waals surface area contributed by atoms with Gasteiger partial charge in [0, 0.05) is 11.5 Å². The number of rotatable bonds is 10. The van der Waals surface area contributed by atoms with Gasteiger partial charge in [-0.15, -0.1) is 0 Å². The normalized spacial score (nSPS) is 10.8. The van der Waals surface area contributed by atoms with Crippen molar-refractivity contribution in [1.82, 2.24) is 0 Å². The molecule has 0 aromatic heterocycles. The predicted molar refractivity (Wildman–Crippen MR) is 105 cm³/mol. The molecule has 0 amide bonds. The fourth-order valence-electron chi connectivity index (χ4n) is 2.61. The van der Waals surface area contributed by atoms with Crippen molar-refractivity contribution in [2.45, 2.75) is 19.3 Å². The Kier molecular flexibility index (Phi) is 7.21. The smallest absolute Gasteiger partial charge is 0.341 e. The average molecular weight is 384 g/mol. The van der Waals surface area contributed by atoms with E-state index < -0.39 is 11.9 Å². The van der Waals surface area contributed by atoms with Crippen LogP contribution in [0.25, 0.3) is 0 Å². The van der Waals surface area contributed by atoms with E-state index in [2.05, 4.69) is 20.4 Å². The number of carbonyl (C=O) groups is 2. The van der Waals surface area contributed by atoms with Crippen LogP contribution in [-0.4, -0.2) is 36.9 Å². The predicted octanol–water partition coefficient (Wildman–Crippen LogP) is 3.58. The first-order valence-corrected chi connectivity index (χ1v) is 8.80. The van der Waals surface area contributed by atoms with E-state index in [1.54, 1.807) is 12.1 Å². The van der Waals surface area contributed by atoms with Crippen molar-refractivity contribution < 1.29 is 28.9 Å². The van der Waals surface area contributed by atoms with Gasteiger partial charge in [0.15, 0.2) is 6.61 Å². The zero-order chi connectivity index (χ0) is 20.6. The SMILES string of the molecule is C=CC(=O)OCCOc1ccc(C(C)(C)c2ccc(OCC(=O)O)cc2)cc1. The van der Waals surface area contributed by atoms with Crippen LogP contribution in [0.2, 0.25) is 0 Å². The fourth-order valence-corrected chi connectivity index (χ4v) is 2.61. The Balaban J connectivity index is 1.98. The molecule has 0 radical (unpaired) electrons. The fraction of sp³-hybridized carbons (Fsp3) is 0.273. The number of esters is 1. The first-order valence-electron chi connectivity index (χ1n) is 8.80. The number of carboxylic acids is 1. The summed E-state index contributed by atoms with van der Waals surface area (Å²) < 4.78 is 15.6. The topological polar surface area (TPSA) is 82.1 Å². The van der Waals surface area contributed by atoms with Crippen LogP contribution >= 0.6 is 0 Å². The largest absolute Gasteiger partial charge is 0.490 e. The minimum atomic E-state index is -1.01. The summed E-state index contributed by atoms with van der Waals surface area (Å²) in [6, 6.07) is 15.1. The van der Waals surface area contributed by atoms with E-state index in [1.807, 2.05) is 36.4 Å². The maximum absolute atomic E-state index is 11.0. The molecular weight excluding hydrogens is 360 g/mol. The zero-order valence-electron chi connectivity index (χ0n) is 16.0. The molecule has 0 saturated carbocycles. The molecule has 2 aromatic carbocycles. The second kappa shape index (κ2) is 9.60. The van der Waals surface area contributed by atoms with E-state index in [0.29, 0.717) is 11.5 Å². The summed E-state index contributed by atoms with van der Waals surface area (Å²) in [7, 11) is 0. The Morgan fingerprint density at radius 3 is 1.89 bits per heavy atom. The van der Waals surface area contributed by atoms with Gasteiger partial charge in [0.2, 0.25) is 0 Å². The van der Waals surface area contributed by atoms with Crippen molar-refractivity contribution in [3.8, 4) is 11.5 Å². The van der Waals surface area contributed by atoms with Gasteiger partial charge < -0.3 is 19.3 Å². The maximum atomic E-state index is 11.0. The summed E-state index contributed by atoms with van der Waals surface area (Å²) in [6.07, 6.45) is 1.11. The van der Waals surface area contributed by atoms with Gasteiger partial charge in [-0.25, -0.2) is 9.59 Å². The van der Waals surface area contributed by atoms with Gasteiger partial charge in [-0.2, -0.15) is 0 Å². The minimum Gasteiger partial charge on any atom is -0.490 e. The van der Waals surface area contributed by atoms with Crippen LogP contribution in [0.4, 0.5) is 0 Å². The summed E-state index contributed by atoms with van der Waals surface area (Å²) in [4.78, 5) is 21.5. The van der Waals surface area contributed by atoms with Crippen molar-refractivity contribution in [3.05, 3.63) is 72.3 Å². The number of hydrogen-bond donors (Lipinski definition) is 1. The van der Waals surface area contributed by atoms with Gasteiger partial charge >= 0.3 is 11.9 Å². The molecule has 0 heterocycles. The Morgan fingerprint density at radius 2 is 1.43 bits per heavy atom. The highest BCUT2D eigenvalue weighted by Crippen LogP contribution is 2.33. The van der Waals surface area contributed by atoms with Crippen molar-refractivity contribution in [2.75, 3.05) is 19.8 Å². The molecule has 0 unspecified atom stereocenters. The molecule has 6 nitrogen and oxygen atoms in total. The highest BCUT2D eigenvalue weighted by Gasteiger charge is 2.23. The summed E-state index contributed by atoms with van der Waals surface area (Å²) in [5, 5.41) is 8.67.